The molecule has 2 rings (SSSR count). The number of hydrogen-bond acceptors (Lipinski definition) is 3. The number of benzene rings is 1. The summed E-state index contributed by atoms with van der Waals surface area (Å²) in [6.45, 7) is 6.77. The van der Waals surface area contributed by atoms with Gasteiger partial charge in [0.05, 0.1) is 11.9 Å². The fourth-order valence-corrected chi connectivity index (χ4v) is 4.55. The van der Waals surface area contributed by atoms with E-state index < -0.39 is 10.0 Å². The lowest BCUT2D eigenvalue weighted by atomic mass is 9.94. The van der Waals surface area contributed by atoms with Gasteiger partial charge in [0.15, 0.2) is 0 Å². The highest BCUT2D eigenvalue weighted by Crippen LogP contribution is 2.26. The fourth-order valence-electron chi connectivity index (χ4n) is 2.92. The maximum absolute atomic E-state index is 12.5. The first-order valence-corrected chi connectivity index (χ1v) is 9.71. The predicted octanol–water partition coefficient (Wildman–Crippen LogP) is 3.18. The van der Waals surface area contributed by atoms with Crippen LogP contribution in [0.3, 0.4) is 0 Å². The lowest BCUT2D eigenvalue weighted by Crippen LogP contribution is -2.38. The van der Waals surface area contributed by atoms with Crippen LogP contribution in [0.5, 0.6) is 0 Å². The molecule has 1 fully saturated rings. The zero-order chi connectivity index (χ0) is 16.2. The third-order valence-corrected chi connectivity index (χ3v) is 5.60. The zero-order valence-corrected chi connectivity index (χ0v) is 14.5. The third kappa shape index (κ3) is 4.80. The minimum absolute atomic E-state index is 0.0576. The van der Waals surface area contributed by atoms with Crippen LogP contribution in [-0.4, -0.2) is 26.9 Å². The normalized spacial score (nSPS) is 21.0. The largest absolute Gasteiger partial charge is 0.377 e. The number of aryl methyl sites for hydroxylation is 1. The van der Waals surface area contributed by atoms with E-state index in [4.69, 9.17) is 4.74 Å². The monoisotopic (exact) mass is 325 g/mol. The van der Waals surface area contributed by atoms with E-state index in [1.54, 1.807) is 0 Å². The van der Waals surface area contributed by atoms with Crippen LogP contribution >= 0.6 is 0 Å². The molecular formula is C17H27NO3S. The molecule has 1 heterocycles. The van der Waals surface area contributed by atoms with Crippen molar-refractivity contribution in [3.05, 3.63) is 35.4 Å². The second kappa shape index (κ2) is 7.57. The molecule has 1 aliphatic heterocycles. The molecule has 0 saturated carbocycles. The Morgan fingerprint density at radius 2 is 2.00 bits per heavy atom. The molecule has 1 aliphatic rings. The molecule has 1 aromatic rings. The van der Waals surface area contributed by atoms with Gasteiger partial charge in [0.25, 0.3) is 0 Å². The van der Waals surface area contributed by atoms with Crippen LogP contribution in [0, 0.1) is 12.8 Å². The highest BCUT2D eigenvalue weighted by atomic mass is 32.2. The minimum Gasteiger partial charge on any atom is -0.377 e. The average Bonchev–Trinajstić information content (AvgIpc) is 2.46. The Morgan fingerprint density at radius 1 is 1.27 bits per heavy atom. The molecule has 1 saturated heterocycles. The van der Waals surface area contributed by atoms with Crippen LogP contribution in [0.2, 0.25) is 0 Å². The minimum atomic E-state index is -3.37. The summed E-state index contributed by atoms with van der Waals surface area (Å²) in [5.41, 5.74) is 2.16. The van der Waals surface area contributed by atoms with Gasteiger partial charge in [0.2, 0.25) is 10.0 Å². The Balaban J connectivity index is 2.11. The molecule has 2 atom stereocenters. The van der Waals surface area contributed by atoms with Gasteiger partial charge >= 0.3 is 0 Å². The van der Waals surface area contributed by atoms with Gasteiger partial charge in [-0.15, -0.1) is 0 Å². The summed E-state index contributed by atoms with van der Waals surface area (Å²) in [5.74, 6) is 0.241. The average molecular weight is 325 g/mol. The summed E-state index contributed by atoms with van der Waals surface area (Å²) >= 11 is 0. The van der Waals surface area contributed by atoms with E-state index in [1.807, 2.05) is 45.0 Å². The van der Waals surface area contributed by atoms with Gasteiger partial charge in [0, 0.05) is 12.6 Å². The van der Waals surface area contributed by atoms with Crippen molar-refractivity contribution in [3.8, 4) is 0 Å². The molecule has 4 nitrogen and oxygen atoms in total. The van der Waals surface area contributed by atoms with Gasteiger partial charge in [-0.25, -0.2) is 13.1 Å². The van der Waals surface area contributed by atoms with Gasteiger partial charge in [0.1, 0.15) is 0 Å². The van der Waals surface area contributed by atoms with Crippen molar-refractivity contribution < 1.29 is 13.2 Å². The summed E-state index contributed by atoms with van der Waals surface area (Å²) in [4.78, 5) is 0. The molecule has 1 N–H and O–H groups in total. The molecular weight excluding hydrogens is 298 g/mol. The van der Waals surface area contributed by atoms with Gasteiger partial charge in [-0.3, -0.25) is 0 Å². The van der Waals surface area contributed by atoms with Crippen LogP contribution in [-0.2, 0) is 14.8 Å². The molecule has 0 unspecified atom stereocenters. The van der Waals surface area contributed by atoms with Crippen molar-refractivity contribution in [2.24, 2.45) is 5.92 Å². The summed E-state index contributed by atoms with van der Waals surface area (Å²) in [6.07, 6.45) is 2.74. The summed E-state index contributed by atoms with van der Waals surface area (Å²) in [7, 11) is -3.37. The van der Waals surface area contributed by atoms with E-state index in [2.05, 4.69) is 4.72 Å². The van der Waals surface area contributed by atoms with Crippen LogP contribution in [0.15, 0.2) is 24.3 Å². The number of rotatable bonds is 6. The highest BCUT2D eigenvalue weighted by molar-refractivity contribution is 7.89. The van der Waals surface area contributed by atoms with Crippen LogP contribution in [0.1, 0.15) is 50.3 Å². The third-order valence-electron chi connectivity index (χ3n) is 4.18. The van der Waals surface area contributed by atoms with Gasteiger partial charge in [-0.1, -0.05) is 38.1 Å². The molecule has 0 amide bonds. The number of hydrogen-bond donors (Lipinski definition) is 1. The Morgan fingerprint density at radius 3 is 2.59 bits per heavy atom. The first kappa shape index (κ1) is 17.4. The lowest BCUT2D eigenvalue weighted by Gasteiger charge is -2.27. The van der Waals surface area contributed by atoms with E-state index in [9.17, 15) is 8.42 Å². The molecule has 124 valence electrons. The standard InChI is InChI=1S/C17H27NO3S/c1-13(2)17(16-10-5-4-8-14(16)3)18-22(19,20)12-15-9-6-7-11-21-15/h4-5,8,10,13,15,17-18H,6-7,9,11-12H2,1-3H3/t15-,17-/m1/s1. The second-order valence-corrected chi connectivity index (χ2v) is 8.26. The first-order valence-electron chi connectivity index (χ1n) is 8.06. The number of sulfonamides is 1. The zero-order valence-electron chi connectivity index (χ0n) is 13.7. The first-order chi connectivity index (χ1) is 10.4. The van der Waals surface area contributed by atoms with E-state index in [0.717, 1.165) is 30.4 Å². The molecule has 0 radical (unpaired) electrons. The molecule has 0 aromatic heterocycles. The molecule has 5 heteroatoms. The lowest BCUT2D eigenvalue weighted by molar-refractivity contribution is 0.0303. The quantitative estimate of drug-likeness (QED) is 0.874. The Hall–Kier alpha value is -0.910. The number of nitrogens with one attached hydrogen (secondary N) is 1. The highest BCUT2D eigenvalue weighted by Gasteiger charge is 2.27. The van der Waals surface area contributed by atoms with E-state index in [0.29, 0.717) is 6.61 Å². The SMILES string of the molecule is Cc1ccccc1[C@H](NS(=O)(=O)C[C@H]1CCCCO1)C(C)C. The van der Waals surface area contributed by atoms with Gasteiger partial charge in [-0.05, 0) is 43.2 Å². The Kier molecular flexibility index (Phi) is 6.01. The Labute approximate surface area is 134 Å². The van der Waals surface area contributed by atoms with Gasteiger partial charge in [-0.2, -0.15) is 0 Å². The van der Waals surface area contributed by atoms with Gasteiger partial charge < -0.3 is 4.74 Å². The molecule has 22 heavy (non-hydrogen) atoms. The molecule has 0 spiro atoms. The van der Waals surface area contributed by atoms with E-state index >= 15 is 0 Å². The van der Waals surface area contributed by atoms with Crippen LogP contribution in [0.25, 0.3) is 0 Å². The second-order valence-electron chi connectivity index (χ2n) is 6.47. The summed E-state index contributed by atoms with van der Waals surface area (Å²) in [5, 5.41) is 0. The van der Waals surface area contributed by atoms with E-state index in [-0.39, 0.29) is 23.8 Å². The van der Waals surface area contributed by atoms with Crippen LogP contribution < -0.4 is 4.72 Å². The van der Waals surface area contributed by atoms with Crippen molar-refractivity contribution in [2.75, 3.05) is 12.4 Å². The Bertz CT molecular complexity index is 577. The maximum Gasteiger partial charge on any atom is 0.214 e. The predicted molar refractivity (Wildman–Crippen MR) is 89.3 cm³/mol. The molecule has 0 aliphatic carbocycles. The van der Waals surface area contributed by atoms with Crippen molar-refractivity contribution in [1.82, 2.24) is 4.72 Å². The van der Waals surface area contributed by atoms with Crippen molar-refractivity contribution in [2.45, 2.75) is 52.2 Å². The fraction of sp³-hybridized carbons (Fsp3) is 0.647. The van der Waals surface area contributed by atoms with Crippen molar-refractivity contribution in [3.63, 3.8) is 0 Å². The van der Waals surface area contributed by atoms with Crippen molar-refractivity contribution in [1.29, 1.82) is 0 Å². The smallest absolute Gasteiger partial charge is 0.214 e. The summed E-state index contributed by atoms with van der Waals surface area (Å²) < 4.78 is 33.5. The van der Waals surface area contributed by atoms with E-state index in [1.165, 1.54) is 0 Å². The topological polar surface area (TPSA) is 55.4 Å². The molecule has 0 bridgehead atoms. The van der Waals surface area contributed by atoms with Crippen molar-refractivity contribution >= 4 is 10.0 Å². The maximum atomic E-state index is 12.5. The number of ether oxygens (including phenoxy) is 1. The summed E-state index contributed by atoms with van der Waals surface area (Å²) in [6, 6.07) is 7.74. The van der Waals surface area contributed by atoms with Crippen LogP contribution in [0.4, 0.5) is 0 Å². The molecule has 1 aromatic carbocycles.